The van der Waals surface area contributed by atoms with Crippen LogP contribution in [0.4, 0.5) is 5.69 Å². The fourth-order valence-electron chi connectivity index (χ4n) is 3.76. The van der Waals surface area contributed by atoms with Gasteiger partial charge in [0, 0.05) is 49.0 Å². The van der Waals surface area contributed by atoms with Crippen LogP contribution < -0.4 is 4.90 Å². The van der Waals surface area contributed by atoms with Gasteiger partial charge >= 0.3 is 0 Å². The van der Waals surface area contributed by atoms with Gasteiger partial charge in [0.2, 0.25) is 0 Å². The summed E-state index contributed by atoms with van der Waals surface area (Å²) in [6.45, 7) is 1.73. The Balaban J connectivity index is 1.65. The van der Waals surface area contributed by atoms with Crippen LogP contribution in [0.25, 0.3) is 10.9 Å². The molecule has 0 radical (unpaired) electrons. The molecule has 3 aromatic rings. The van der Waals surface area contributed by atoms with Gasteiger partial charge in [-0.1, -0.05) is 53.0 Å². The predicted molar refractivity (Wildman–Crippen MR) is 125 cm³/mol. The number of halogens is 3. The summed E-state index contributed by atoms with van der Waals surface area (Å²) in [6, 6.07) is 13.3. The zero-order valence-electron chi connectivity index (χ0n) is 16.6. The molecule has 0 atom stereocenters. The fourth-order valence-corrected chi connectivity index (χ4v) is 5.51. The number of anilines is 1. The van der Waals surface area contributed by atoms with Crippen molar-refractivity contribution in [2.75, 3.05) is 31.1 Å². The molecule has 4 rings (SSSR count). The second-order valence-electron chi connectivity index (χ2n) is 7.29. The number of aromatic nitrogens is 1. The molecule has 0 spiro atoms. The predicted octanol–water partition coefficient (Wildman–Crippen LogP) is 3.71. The molecule has 1 saturated heterocycles. The van der Waals surface area contributed by atoms with Crippen molar-refractivity contribution in [3.05, 3.63) is 60.3 Å². The van der Waals surface area contributed by atoms with E-state index in [1.807, 2.05) is 4.90 Å². The minimum absolute atomic E-state index is 0.133. The summed E-state index contributed by atoms with van der Waals surface area (Å²) < 4.78 is 25.4. The number of hydrogen-bond acceptors (Lipinski definition) is 5. The van der Waals surface area contributed by atoms with E-state index in [0.717, 1.165) is 9.66 Å². The summed E-state index contributed by atoms with van der Waals surface area (Å²) in [4.78, 5) is 27.5. The average Bonchev–Trinajstić information content (AvgIpc) is 3.17. The summed E-state index contributed by atoms with van der Waals surface area (Å²) in [5.41, 5.74) is 1.48. The van der Waals surface area contributed by atoms with Crippen LogP contribution in [-0.4, -0.2) is 59.5 Å². The van der Waals surface area contributed by atoms with E-state index in [2.05, 4.69) is 0 Å². The van der Waals surface area contributed by atoms with E-state index in [-0.39, 0.29) is 10.5 Å². The van der Waals surface area contributed by atoms with Crippen molar-refractivity contribution in [2.24, 2.45) is 0 Å². The molecule has 32 heavy (non-hydrogen) atoms. The van der Waals surface area contributed by atoms with Crippen LogP contribution in [0, 0.1) is 0 Å². The zero-order valence-corrected chi connectivity index (χ0v) is 19.7. The molecule has 0 aliphatic carbocycles. The maximum atomic E-state index is 13.1. The molecule has 11 heteroatoms. The van der Waals surface area contributed by atoms with Crippen LogP contribution in [0.3, 0.4) is 0 Å². The second kappa shape index (κ2) is 8.59. The third-order valence-electron chi connectivity index (χ3n) is 5.39. The molecule has 168 valence electrons. The summed E-state index contributed by atoms with van der Waals surface area (Å²) >= 11 is 17.1. The van der Waals surface area contributed by atoms with Gasteiger partial charge in [0.15, 0.2) is 6.29 Å². The van der Waals surface area contributed by atoms with Crippen molar-refractivity contribution in [2.45, 2.75) is 8.69 Å². The van der Waals surface area contributed by atoms with Gasteiger partial charge in [-0.3, -0.25) is 9.59 Å². The lowest BCUT2D eigenvalue weighted by Gasteiger charge is -2.37. The Morgan fingerprint density at radius 3 is 2.22 bits per heavy atom. The summed E-state index contributed by atoms with van der Waals surface area (Å²) in [7, 11) is -3.86. The highest BCUT2D eigenvalue weighted by Gasteiger charge is 2.36. The van der Waals surface area contributed by atoms with Crippen LogP contribution in [0.5, 0.6) is 0 Å². The molecule has 0 bridgehead atoms. The largest absolute Gasteiger partial charge is 0.368 e. The number of alkyl halides is 3. The van der Waals surface area contributed by atoms with Crippen LogP contribution in [0.15, 0.2) is 59.6 Å². The van der Waals surface area contributed by atoms with Crippen molar-refractivity contribution >= 4 is 73.6 Å². The highest BCUT2D eigenvalue weighted by atomic mass is 35.6. The van der Waals surface area contributed by atoms with Crippen molar-refractivity contribution in [3.8, 4) is 0 Å². The molecule has 2 aromatic carbocycles. The van der Waals surface area contributed by atoms with Gasteiger partial charge < -0.3 is 9.80 Å². The van der Waals surface area contributed by atoms with Gasteiger partial charge in [0.05, 0.1) is 10.4 Å². The Hall–Kier alpha value is -2.26. The van der Waals surface area contributed by atoms with E-state index in [4.69, 9.17) is 34.8 Å². The number of carbonyl (C=O) groups excluding carboxylic acids is 2. The number of aldehydes is 1. The third-order valence-corrected chi connectivity index (χ3v) is 7.56. The highest BCUT2D eigenvalue weighted by molar-refractivity contribution is 7.90. The minimum Gasteiger partial charge on any atom is -0.368 e. The van der Waals surface area contributed by atoms with Gasteiger partial charge in [0.25, 0.3) is 19.7 Å². The minimum atomic E-state index is -3.86. The maximum absolute atomic E-state index is 13.1. The Morgan fingerprint density at radius 2 is 1.62 bits per heavy atom. The molecule has 1 fully saturated rings. The van der Waals surface area contributed by atoms with Gasteiger partial charge in [-0.05, 0) is 30.3 Å². The molecule has 0 unspecified atom stereocenters. The normalized spacial score (nSPS) is 15.2. The van der Waals surface area contributed by atoms with Gasteiger partial charge in [-0.25, -0.2) is 12.4 Å². The molecule has 1 amide bonds. The topological polar surface area (TPSA) is 79.7 Å². The molecule has 2 heterocycles. The lowest BCUT2D eigenvalue weighted by molar-refractivity contribution is -0.130. The highest BCUT2D eigenvalue weighted by Crippen LogP contribution is 2.31. The van der Waals surface area contributed by atoms with Crippen LogP contribution in [0.1, 0.15) is 10.4 Å². The van der Waals surface area contributed by atoms with E-state index in [9.17, 15) is 18.0 Å². The van der Waals surface area contributed by atoms with E-state index < -0.39 is 19.7 Å². The number of rotatable bonds is 4. The number of piperazine rings is 1. The summed E-state index contributed by atoms with van der Waals surface area (Å²) in [6.07, 6.45) is 1.97. The lowest BCUT2D eigenvalue weighted by atomic mass is 10.1. The first kappa shape index (κ1) is 22.9. The van der Waals surface area contributed by atoms with Gasteiger partial charge in [0.1, 0.15) is 0 Å². The molecule has 0 N–H and O–H groups in total. The Labute approximate surface area is 200 Å². The van der Waals surface area contributed by atoms with Crippen molar-refractivity contribution in [3.63, 3.8) is 0 Å². The average molecular weight is 515 g/mol. The van der Waals surface area contributed by atoms with Gasteiger partial charge in [-0.2, -0.15) is 0 Å². The molecular formula is C21H18Cl3N3O4S. The second-order valence-corrected chi connectivity index (χ2v) is 11.4. The van der Waals surface area contributed by atoms with E-state index in [1.165, 1.54) is 23.2 Å². The van der Waals surface area contributed by atoms with Crippen molar-refractivity contribution in [1.29, 1.82) is 0 Å². The van der Waals surface area contributed by atoms with Crippen molar-refractivity contribution < 1.29 is 18.0 Å². The first-order valence-corrected chi connectivity index (χ1v) is 12.2. The molecular weight excluding hydrogens is 497 g/mol. The number of hydrogen-bond donors (Lipinski definition) is 0. The Morgan fingerprint density at radius 1 is 0.969 bits per heavy atom. The quantitative estimate of drug-likeness (QED) is 0.392. The van der Waals surface area contributed by atoms with E-state index >= 15 is 0 Å². The lowest BCUT2D eigenvalue weighted by Crippen LogP contribution is -2.51. The Bertz CT molecular complexity index is 1280. The first-order chi connectivity index (χ1) is 15.1. The van der Waals surface area contributed by atoms with Crippen molar-refractivity contribution in [1.82, 2.24) is 8.87 Å². The molecule has 1 aromatic heterocycles. The smallest absolute Gasteiger partial charge is 0.274 e. The number of fused-ring (bicyclic) bond motifs is 1. The third kappa shape index (κ3) is 4.20. The monoisotopic (exact) mass is 513 g/mol. The number of nitrogens with zero attached hydrogens (tertiary/aromatic N) is 3. The van der Waals surface area contributed by atoms with Crippen LogP contribution in [0.2, 0.25) is 0 Å². The standard InChI is InChI=1S/C21H18Cl3N3O4S/c22-21(23,24)20(29)26-10-8-25(9-11-26)16-6-7-19-18(12-16)15(14-28)13-27(19)32(30,31)17-4-2-1-3-5-17/h1-7,12-14H,8-11H2. The number of carbonyl (C=O) groups is 2. The number of amides is 1. The van der Waals surface area contributed by atoms with Crippen LogP contribution in [-0.2, 0) is 14.8 Å². The molecule has 7 nitrogen and oxygen atoms in total. The first-order valence-electron chi connectivity index (χ1n) is 9.65. The van der Waals surface area contributed by atoms with E-state index in [0.29, 0.717) is 43.4 Å². The Kier molecular flexibility index (Phi) is 6.15. The summed E-state index contributed by atoms with van der Waals surface area (Å²) in [5.74, 6) is -0.566. The zero-order chi connectivity index (χ0) is 23.1. The number of benzene rings is 2. The fraction of sp³-hybridized carbons (Fsp3) is 0.238. The summed E-state index contributed by atoms with van der Waals surface area (Å²) in [5, 5.41) is 0.525. The van der Waals surface area contributed by atoms with E-state index in [1.54, 1.807) is 36.4 Å². The molecule has 1 aliphatic heterocycles. The maximum Gasteiger partial charge on any atom is 0.274 e. The SMILES string of the molecule is O=Cc1cn(S(=O)(=O)c2ccccc2)c2ccc(N3CCN(C(=O)C(Cl)(Cl)Cl)CC3)cc12. The van der Waals surface area contributed by atoms with Gasteiger partial charge in [-0.15, -0.1) is 0 Å². The molecule has 1 aliphatic rings. The molecule has 0 saturated carbocycles. The van der Waals surface area contributed by atoms with Crippen LogP contribution >= 0.6 is 34.8 Å².